The lowest BCUT2D eigenvalue weighted by molar-refractivity contribution is 0.0951. The zero-order valence-electron chi connectivity index (χ0n) is 15.7. The molecule has 142 valence electrons. The second-order valence-electron chi connectivity index (χ2n) is 7.00. The summed E-state index contributed by atoms with van der Waals surface area (Å²) in [5.41, 5.74) is 9.95. The van der Waals surface area contributed by atoms with E-state index < -0.39 is 0 Å². The number of anilines is 1. The topological polar surface area (TPSA) is 77.2 Å². The van der Waals surface area contributed by atoms with Crippen LogP contribution in [-0.2, 0) is 19.4 Å². The van der Waals surface area contributed by atoms with Crippen molar-refractivity contribution >= 4 is 11.7 Å². The van der Waals surface area contributed by atoms with Gasteiger partial charge < -0.3 is 15.8 Å². The standard InChI is InChI=1S/C23H23N3O2/c24-22-21(6-3-13-25-22)23(27)26-15-16-7-10-19(11-8-16)28-20-12-9-17-4-1-2-5-18(17)14-20/h3,6-14H,1-2,4-5,15H2,(H2,24,25)(H,26,27). The molecule has 1 aliphatic rings. The summed E-state index contributed by atoms with van der Waals surface area (Å²) in [5, 5.41) is 2.86. The number of hydrogen-bond donors (Lipinski definition) is 2. The maximum absolute atomic E-state index is 12.2. The highest BCUT2D eigenvalue weighted by atomic mass is 16.5. The van der Waals surface area contributed by atoms with Crippen LogP contribution in [-0.4, -0.2) is 10.9 Å². The zero-order valence-corrected chi connectivity index (χ0v) is 15.7. The Morgan fingerprint density at radius 1 is 1.00 bits per heavy atom. The van der Waals surface area contributed by atoms with Crippen molar-refractivity contribution in [2.24, 2.45) is 0 Å². The number of benzene rings is 2. The Morgan fingerprint density at radius 2 is 1.75 bits per heavy atom. The van der Waals surface area contributed by atoms with E-state index in [-0.39, 0.29) is 11.7 Å². The van der Waals surface area contributed by atoms with Crippen molar-refractivity contribution in [2.75, 3.05) is 5.73 Å². The van der Waals surface area contributed by atoms with Crippen molar-refractivity contribution < 1.29 is 9.53 Å². The van der Waals surface area contributed by atoms with Crippen molar-refractivity contribution in [2.45, 2.75) is 32.2 Å². The van der Waals surface area contributed by atoms with Crippen LogP contribution in [0, 0.1) is 0 Å². The smallest absolute Gasteiger partial charge is 0.255 e. The molecule has 1 heterocycles. The fourth-order valence-corrected chi connectivity index (χ4v) is 3.47. The Hall–Kier alpha value is -3.34. The van der Waals surface area contributed by atoms with E-state index in [9.17, 15) is 4.79 Å². The number of aromatic nitrogens is 1. The van der Waals surface area contributed by atoms with Gasteiger partial charge in [0.05, 0.1) is 5.56 Å². The Bertz CT molecular complexity index is 983. The molecule has 3 aromatic rings. The van der Waals surface area contributed by atoms with Gasteiger partial charge in [-0.3, -0.25) is 4.79 Å². The van der Waals surface area contributed by atoms with Crippen molar-refractivity contribution in [1.29, 1.82) is 0 Å². The van der Waals surface area contributed by atoms with Gasteiger partial charge in [0.1, 0.15) is 17.3 Å². The van der Waals surface area contributed by atoms with E-state index in [0.29, 0.717) is 12.1 Å². The fraction of sp³-hybridized carbons (Fsp3) is 0.217. The minimum absolute atomic E-state index is 0.230. The van der Waals surface area contributed by atoms with Gasteiger partial charge in [-0.1, -0.05) is 18.2 Å². The number of hydrogen-bond acceptors (Lipinski definition) is 4. The van der Waals surface area contributed by atoms with Crippen LogP contribution >= 0.6 is 0 Å². The van der Waals surface area contributed by atoms with E-state index in [1.807, 2.05) is 30.3 Å². The third-order valence-corrected chi connectivity index (χ3v) is 5.02. The largest absolute Gasteiger partial charge is 0.457 e. The summed E-state index contributed by atoms with van der Waals surface area (Å²) in [5.74, 6) is 1.64. The molecule has 0 unspecified atom stereocenters. The summed E-state index contributed by atoms with van der Waals surface area (Å²) in [4.78, 5) is 16.1. The van der Waals surface area contributed by atoms with Crippen LogP contribution < -0.4 is 15.8 Å². The number of fused-ring (bicyclic) bond motifs is 1. The highest BCUT2D eigenvalue weighted by Crippen LogP contribution is 2.28. The van der Waals surface area contributed by atoms with Gasteiger partial charge in [-0.15, -0.1) is 0 Å². The van der Waals surface area contributed by atoms with Crippen LogP contribution in [0.3, 0.4) is 0 Å². The van der Waals surface area contributed by atoms with Crippen molar-refractivity contribution in [1.82, 2.24) is 10.3 Å². The summed E-state index contributed by atoms with van der Waals surface area (Å²) in [6, 6.07) is 17.4. The summed E-state index contributed by atoms with van der Waals surface area (Å²) in [7, 11) is 0. The van der Waals surface area contributed by atoms with Crippen LogP contribution in [0.5, 0.6) is 11.5 Å². The molecule has 0 aliphatic heterocycles. The van der Waals surface area contributed by atoms with Crippen LogP contribution in [0.15, 0.2) is 60.8 Å². The Morgan fingerprint density at radius 3 is 2.54 bits per heavy atom. The van der Waals surface area contributed by atoms with E-state index in [2.05, 4.69) is 22.4 Å². The van der Waals surface area contributed by atoms with Gasteiger partial charge in [0.2, 0.25) is 0 Å². The van der Waals surface area contributed by atoms with E-state index in [1.165, 1.54) is 30.4 Å². The molecule has 3 N–H and O–H groups in total. The van der Waals surface area contributed by atoms with Gasteiger partial charge in [0, 0.05) is 12.7 Å². The van der Waals surface area contributed by atoms with E-state index >= 15 is 0 Å². The maximum atomic E-state index is 12.2. The Labute approximate surface area is 164 Å². The zero-order chi connectivity index (χ0) is 19.3. The Kier molecular flexibility index (Phi) is 5.24. The number of ether oxygens (including phenoxy) is 1. The molecular weight excluding hydrogens is 350 g/mol. The lowest BCUT2D eigenvalue weighted by atomic mass is 9.92. The molecule has 0 atom stereocenters. The lowest BCUT2D eigenvalue weighted by Crippen LogP contribution is -2.24. The average Bonchev–Trinajstić information content (AvgIpc) is 2.73. The van der Waals surface area contributed by atoms with Gasteiger partial charge in [-0.05, 0) is 78.8 Å². The first-order valence-electron chi connectivity index (χ1n) is 9.56. The van der Waals surface area contributed by atoms with Crippen molar-refractivity contribution in [3.8, 4) is 11.5 Å². The summed E-state index contributed by atoms with van der Waals surface area (Å²) < 4.78 is 6.00. The first-order chi connectivity index (χ1) is 13.7. The Balaban J connectivity index is 1.36. The maximum Gasteiger partial charge on any atom is 0.255 e. The molecular formula is C23H23N3O2. The molecule has 0 spiro atoms. The van der Waals surface area contributed by atoms with Gasteiger partial charge in [0.15, 0.2) is 0 Å². The van der Waals surface area contributed by atoms with Gasteiger partial charge in [-0.2, -0.15) is 0 Å². The number of nitrogens with two attached hydrogens (primary N) is 1. The van der Waals surface area contributed by atoms with Crippen molar-refractivity contribution in [3.63, 3.8) is 0 Å². The van der Waals surface area contributed by atoms with Crippen LogP contribution in [0.1, 0.15) is 39.9 Å². The number of nitrogen functional groups attached to an aromatic ring is 1. The first kappa shape index (κ1) is 18.0. The third-order valence-electron chi connectivity index (χ3n) is 5.02. The second-order valence-corrected chi connectivity index (χ2v) is 7.00. The quantitative estimate of drug-likeness (QED) is 0.700. The number of nitrogens with one attached hydrogen (secondary N) is 1. The predicted molar refractivity (Wildman–Crippen MR) is 109 cm³/mol. The molecule has 1 aliphatic carbocycles. The monoisotopic (exact) mass is 373 g/mol. The number of pyridine rings is 1. The molecule has 4 rings (SSSR count). The minimum Gasteiger partial charge on any atom is -0.457 e. The highest BCUT2D eigenvalue weighted by molar-refractivity contribution is 5.98. The van der Waals surface area contributed by atoms with Crippen LogP contribution in [0.25, 0.3) is 0 Å². The molecule has 0 saturated heterocycles. The third kappa shape index (κ3) is 4.14. The normalized spacial score (nSPS) is 12.9. The molecule has 1 aromatic heterocycles. The molecule has 2 aromatic carbocycles. The van der Waals surface area contributed by atoms with Gasteiger partial charge >= 0.3 is 0 Å². The number of rotatable bonds is 5. The van der Waals surface area contributed by atoms with E-state index in [4.69, 9.17) is 10.5 Å². The predicted octanol–water partition coefficient (Wildman–Crippen LogP) is 4.26. The molecule has 1 amide bonds. The summed E-state index contributed by atoms with van der Waals surface area (Å²) >= 11 is 0. The van der Waals surface area contributed by atoms with E-state index in [0.717, 1.165) is 23.5 Å². The van der Waals surface area contributed by atoms with Gasteiger partial charge in [0.25, 0.3) is 5.91 Å². The SMILES string of the molecule is Nc1ncccc1C(=O)NCc1ccc(Oc2ccc3c(c2)CCCC3)cc1. The first-order valence-corrected chi connectivity index (χ1v) is 9.56. The summed E-state index contributed by atoms with van der Waals surface area (Å²) in [6.07, 6.45) is 6.39. The van der Waals surface area contributed by atoms with E-state index in [1.54, 1.807) is 18.3 Å². The number of carbonyl (C=O) groups excluding carboxylic acids is 1. The molecule has 0 radical (unpaired) electrons. The number of aryl methyl sites for hydroxylation is 2. The molecule has 5 heteroatoms. The molecule has 0 saturated carbocycles. The number of nitrogens with zero attached hydrogens (tertiary/aromatic N) is 1. The molecule has 0 bridgehead atoms. The van der Waals surface area contributed by atoms with Crippen LogP contribution in [0.2, 0.25) is 0 Å². The fourth-order valence-electron chi connectivity index (χ4n) is 3.47. The number of carbonyl (C=O) groups is 1. The summed E-state index contributed by atoms with van der Waals surface area (Å²) in [6.45, 7) is 0.409. The molecule has 5 nitrogen and oxygen atoms in total. The highest BCUT2D eigenvalue weighted by Gasteiger charge is 2.11. The number of amides is 1. The molecule has 28 heavy (non-hydrogen) atoms. The average molecular weight is 373 g/mol. The van der Waals surface area contributed by atoms with Crippen LogP contribution in [0.4, 0.5) is 5.82 Å². The van der Waals surface area contributed by atoms with Crippen molar-refractivity contribution in [3.05, 3.63) is 83.0 Å². The second kappa shape index (κ2) is 8.13. The van der Waals surface area contributed by atoms with Gasteiger partial charge in [-0.25, -0.2) is 4.98 Å². The minimum atomic E-state index is -0.236. The molecule has 0 fully saturated rings. The lowest BCUT2D eigenvalue weighted by Gasteiger charge is -2.16.